The van der Waals surface area contributed by atoms with E-state index in [1.54, 1.807) is 24.3 Å². The number of thiocyanates is 2. The maximum absolute atomic E-state index is 12.6. The van der Waals surface area contributed by atoms with Crippen molar-refractivity contribution in [1.29, 1.82) is 10.5 Å². The van der Waals surface area contributed by atoms with E-state index < -0.39 is 0 Å². The summed E-state index contributed by atoms with van der Waals surface area (Å²) in [5.41, 5.74) is 1.33. The quantitative estimate of drug-likeness (QED) is 0.0389. The Labute approximate surface area is 337 Å². The predicted octanol–water partition coefficient (Wildman–Crippen LogP) is 8.56. The second kappa shape index (κ2) is 25.7. The van der Waals surface area contributed by atoms with Crippen LogP contribution in [-0.2, 0) is 12.6 Å². The van der Waals surface area contributed by atoms with Crippen LogP contribution in [0.4, 0.5) is 0 Å². The average molecular weight is 782 g/mol. The molecule has 0 aliphatic carbocycles. The van der Waals surface area contributed by atoms with Gasteiger partial charge in [-0.25, -0.2) is 5.26 Å². The molecule has 2 unspecified atom stereocenters. The van der Waals surface area contributed by atoms with Crippen molar-refractivity contribution in [2.45, 2.75) is 63.5 Å². The Morgan fingerprint density at radius 1 is 0.640 bits per heavy atom. The van der Waals surface area contributed by atoms with Crippen molar-refractivity contribution in [1.82, 2.24) is 0 Å². The molecule has 0 bridgehead atoms. The molecule has 0 aliphatic rings. The molecule has 0 fully saturated rings. The van der Waals surface area contributed by atoms with E-state index in [4.69, 9.17) is 20.0 Å². The van der Waals surface area contributed by atoms with Crippen molar-refractivity contribution >= 4 is 51.9 Å². The summed E-state index contributed by atoms with van der Waals surface area (Å²) in [7, 11) is 0. The van der Waals surface area contributed by atoms with Gasteiger partial charge in [-0.3, -0.25) is 9.59 Å². The molecule has 0 amide bonds. The number of halogens is 1. The zero-order valence-corrected chi connectivity index (χ0v) is 34.5. The van der Waals surface area contributed by atoms with Crippen LogP contribution in [0.15, 0.2) is 109 Å². The monoisotopic (exact) mass is 780 g/mol. The Kier molecular flexibility index (Phi) is 23.1. The molecule has 50 heavy (non-hydrogen) atoms. The van der Waals surface area contributed by atoms with Crippen molar-refractivity contribution < 1.29 is 48.6 Å². The zero-order valence-electron chi connectivity index (χ0n) is 29.3. The van der Waals surface area contributed by atoms with Crippen LogP contribution in [-0.4, -0.2) is 21.6 Å². The van der Waals surface area contributed by atoms with Gasteiger partial charge in [0, 0.05) is 11.1 Å². The molecule has 0 saturated carbocycles. The van der Waals surface area contributed by atoms with Crippen molar-refractivity contribution in [2.75, 3.05) is 0 Å². The SMILES string of the molecule is CC(C)CCC(Br)C(=O)c1ccc(Oc2ccccc2)cc1.CC(C)CCC(SC#N)C(=O)c1ccc(Oc2ccccc2)cc1.N#C[S-].[Na+]. The number of rotatable bonds is 15. The van der Waals surface area contributed by atoms with Crippen molar-refractivity contribution in [3.05, 3.63) is 120 Å². The Balaban J connectivity index is 0.000000456. The third-order valence-electron chi connectivity index (χ3n) is 7.01. The summed E-state index contributed by atoms with van der Waals surface area (Å²) < 4.78 is 11.5. The molecule has 0 spiro atoms. The Bertz CT molecular complexity index is 1630. The summed E-state index contributed by atoms with van der Waals surface area (Å²) in [4.78, 5) is 24.8. The van der Waals surface area contributed by atoms with Gasteiger partial charge in [0.05, 0.1) is 10.1 Å². The fraction of sp³-hybridized carbons (Fsp3) is 0.300. The molecule has 0 N–H and O–H groups in total. The first-order chi connectivity index (χ1) is 23.6. The number of nitrogens with zero attached hydrogens (tertiary/aromatic N) is 2. The van der Waals surface area contributed by atoms with Crippen LogP contribution in [0.1, 0.15) is 74.1 Å². The van der Waals surface area contributed by atoms with Crippen LogP contribution in [0.5, 0.6) is 23.0 Å². The number of Topliss-reactive ketones (excluding diaryl/α,β-unsaturated/α-hetero) is 2. The van der Waals surface area contributed by atoms with Crippen molar-refractivity contribution in [3.8, 4) is 33.8 Å². The van der Waals surface area contributed by atoms with Crippen LogP contribution in [0, 0.1) is 33.2 Å². The maximum Gasteiger partial charge on any atom is 1.00 e. The smallest absolute Gasteiger partial charge is 0.696 e. The first-order valence-electron chi connectivity index (χ1n) is 16.0. The van der Waals surface area contributed by atoms with E-state index in [-0.39, 0.29) is 51.2 Å². The number of nitriles is 2. The number of alkyl halides is 1. The molecule has 0 aliphatic heterocycles. The molecule has 6 nitrogen and oxygen atoms in total. The predicted molar refractivity (Wildman–Crippen MR) is 205 cm³/mol. The van der Waals surface area contributed by atoms with Crippen molar-refractivity contribution in [3.63, 3.8) is 0 Å². The first kappa shape index (κ1) is 44.9. The molecule has 0 aromatic heterocycles. The first-order valence-corrected chi connectivity index (χ1v) is 18.2. The largest absolute Gasteiger partial charge is 1.00 e. The molecule has 4 aromatic rings. The Morgan fingerprint density at radius 2 is 1.00 bits per heavy atom. The minimum absolute atomic E-state index is 0. The van der Waals surface area contributed by atoms with E-state index in [0.29, 0.717) is 28.7 Å². The molecular formula is C40H42BrN2NaO4S2. The number of ketones is 2. The summed E-state index contributed by atoms with van der Waals surface area (Å²) in [5.74, 6) is 4.22. The van der Waals surface area contributed by atoms with Gasteiger partial charge in [0.1, 0.15) is 28.4 Å². The molecule has 4 rings (SSSR count). The minimum atomic E-state index is -0.307. The van der Waals surface area contributed by atoms with Crippen molar-refractivity contribution in [2.24, 2.45) is 11.8 Å². The Morgan fingerprint density at radius 3 is 1.38 bits per heavy atom. The minimum Gasteiger partial charge on any atom is -0.696 e. The molecule has 4 aromatic carbocycles. The van der Waals surface area contributed by atoms with Gasteiger partial charge in [0.15, 0.2) is 11.6 Å². The third-order valence-corrected chi connectivity index (χ3v) is 8.72. The van der Waals surface area contributed by atoms with E-state index in [0.717, 1.165) is 54.7 Å². The van der Waals surface area contributed by atoms with Gasteiger partial charge in [-0.15, -0.1) is 0 Å². The van der Waals surface area contributed by atoms with Gasteiger partial charge in [-0.1, -0.05) is 85.4 Å². The van der Waals surface area contributed by atoms with Crippen LogP contribution in [0.2, 0.25) is 0 Å². The van der Waals surface area contributed by atoms with E-state index in [9.17, 15) is 9.59 Å². The fourth-order valence-electron chi connectivity index (χ4n) is 4.39. The average Bonchev–Trinajstić information content (AvgIpc) is 3.10. The van der Waals surface area contributed by atoms with Crippen LogP contribution >= 0.6 is 27.7 Å². The molecule has 2 atom stereocenters. The standard InChI is InChI=1S/C20H21NO2S.C19H21BrO2.CHNS.Na/c1-15(2)8-13-19(24-14-21)20(22)16-9-11-18(12-10-16)23-17-6-4-3-5-7-17;1-14(2)8-13-18(20)19(21)15-9-11-17(12-10-15)22-16-6-4-3-5-7-16;2-1-3;/h3-7,9-12,15,19H,8,13H2,1-2H3;3-7,9-12,14,18H,8,13H2,1-2H3;3H;/q;;;+1/p-1. The van der Waals surface area contributed by atoms with Crippen LogP contribution < -0.4 is 39.0 Å². The zero-order chi connectivity index (χ0) is 36.0. The maximum atomic E-state index is 12.6. The number of benzene rings is 4. The molecule has 0 radical (unpaired) electrons. The molecule has 0 saturated heterocycles. The number of hydrogen-bond donors (Lipinski definition) is 0. The van der Waals surface area contributed by atoms with Gasteiger partial charge in [-0.2, -0.15) is 5.26 Å². The Hall–Kier alpha value is -3.15. The second-order valence-corrected chi connectivity index (χ2v) is 14.1. The van der Waals surface area contributed by atoms with E-state index >= 15 is 0 Å². The molecular weight excluding hydrogens is 739 g/mol. The molecule has 256 valence electrons. The van der Waals surface area contributed by atoms with Crippen LogP contribution in [0.25, 0.3) is 0 Å². The number of ether oxygens (including phenoxy) is 2. The van der Waals surface area contributed by atoms with E-state index in [1.807, 2.05) is 84.9 Å². The summed E-state index contributed by atoms with van der Waals surface area (Å²) in [6, 6.07) is 33.5. The van der Waals surface area contributed by atoms with Gasteiger partial charge < -0.3 is 22.1 Å². The van der Waals surface area contributed by atoms with Gasteiger partial charge in [-0.05, 0) is 122 Å². The van der Waals surface area contributed by atoms with Crippen LogP contribution in [0.3, 0.4) is 0 Å². The molecule has 10 heteroatoms. The fourth-order valence-corrected chi connectivity index (χ4v) is 5.55. The number of thioether (sulfide) groups is 1. The topological polar surface area (TPSA) is 100 Å². The normalized spacial score (nSPS) is 11.1. The van der Waals surface area contributed by atoms with Gasteiger partial charge in [0.2, 0.25) is 0 Å². The second-order valence-electron chi connectivity index (χ2n) is 11.8. The summed E-state index contributed by atoms with van der Waals surface area (Å²) in [6.07, 6.45) is 3.55. The summed E-state index contributed by atoms with van der Waals surface area (Å²) >= 11 is 8.25. The number of para-hydroxylation sites is 2. The van der Waals surface area contributed by atoms with Gasteiger partial charge >= 0.3 is 29.6 Å². The van der Waals surface area contributed by atoms with E-state index in [1.165, 1.54) is 5.40 Å². The summed E-state index contributed by atoms with van der Waals surface area (Å²) in [5, 5.41) is 19.2. The number of carbonyl (C=O) groups excluding carboxylic acids is 2. The van der Waals surface area contributed by atoms with Gasteiger partial charge in [0.25, 0.3) is 0 Å². The number of hydrogen-bond acceptors (Lipinski definition) is 8. The van der Waals surface area contributed by atoms with E-state index in [2.05, 4.69) is 61.7 Å². The third kappa shape index (κ3) is 17.7. The molecule has 0 heterocycles. The summed E-state index contributed by atoms with van der Waals surface area (Å²) in [6.45, 7) is 8.57. The number of carbonyl (C=O) groups is 2.